The summed E-state index contributed by atoms with van der Waals surface area (Å²) in [7, 11) is 0. The number of carbonyl (C=O) groups is 1. The van der Waals surface area contributed by atoms with E-state index in [1.165, 1.54) is 18.7 Å². The lowest BCUT2D eigenvalue weighted by Gasteiger charge is -2.45. The van der Waals surface area contributed by atoms with Gasteiger partial charge in [0, 0.05) is 22.5 Å². The van der Waals surface area contributed by atoms with Crippen LogP contribution in [0.25, 0.3) is 0 Å². The summed E-state index contributed by atoms with van der Waals surface area (Å²) in [6.45, 7) is 18.5. The van der Waals surface area contributed by atoms with Gasteiger partial charge in [0.15, 0.2) is 0 Å². The first-order valence-corrected chi connectivity index (χ1v) is 8.69. The van der Waals surface area contributed by atoms with E-state index in [-0.39, 0.29) is 16.7 Å². The van der Waals surface area contributed by atoms with Crippen molar-refractivity contribution < 1.29 is 15.3 Å². The maximum absolute atomic E-state index is 15.6. The minimum absolute atomic E-state index is 0.238. The van der Waals surface area contributed by atoms with Gasteiger partial charge in [0.1, 0.15) is 5.60 Å². The van der Waals surface area contributed by atoms with Crippen LogP contribution in [-0.2, 0) is 4.74 Å². The molecule has 4 nitrogen and oxygen atoms in total. The van der Waals surface area contributed by atoms with E-state index in [4.69, 9.17) is 6.11 Å². The van der Waals surface area contributed by atoms with Gasteiger partial charge in [0.05, 0.1) is 13.4 Å². The highest BCUT2D eigenvalue weighted by atomic mass is 19.1. The lowest BCUT2D eigenvalue weighted by Crippen LogP contribution is -2.58. The first-order valence-electron chi connectivity index (χ1n) is 9.19. The fraction of sp³-hybridized carbons (Fsp3) is 0.895. The van der Waals surface area contributed by atoms with Crippen LogP contribution in [0, 0.1) is 16.7 Å². The number of rotatable bonds is 0. The van der Waals surface area contributed by atoms with Crippen LogP contribution in [0.15, 0.2) is 4.99 Å². The fourth-order valence-corrected chi connectivity index (χ4v) is 3.92. The molecule has 0 aromatic rings. The van der Waals surface area contributed by atoms with E-state index in [0.717, 1.165) is 0 Å². The Morgan fingerprint density at radius 1 is 1.21 bits per heavy atom. The van der Waals surface area contributed by atoms with Crippen LogP contribution < -0.4 is 0 Å². The van der Waals surface area contributed by atoms with Crippen LogP contribution in [-0.4, -0.2) is 40.2 Å². The van der Waals surface area contributed by atoms with Crippen molar-refractivity contribution in [3.05, 3.63) is 0 Å². The number of hydrogen-bond donors (Lipinski definition) is 0. The third kappa shape index (κ3) is 2.64. The van der Waals surface area contributed by atoms with E-state index in [1.54, 1.807) is 0 Å². The van der Waals surface area contributed by atoms with E-state index >= 15 is 4.39 Å². The summed E-state index contributed by atoms with van der Waals surface area (Å²) in [4.78, 5) is 18.5. The van der Waals surface area contributed by atoms with Crippen LogP contribution >= 0.6 is 0 Å². The molecule has 138 valence electrons. The number of carbonyl (C=O) groups excluding carboxylic acids is 1. The molecule has 1 fully saturated rings. The predicted molar refractivity (Wildman–Crippen MR) is 95.0 cm³/mol. The molecule has 5 heteroatoms. The highest BCUT2D eigenvalue weighted by Crippen LogP contribution is 2.50. The van der Waals surface area contributed by atoms with Gasteiger partial charge in [-0.1, -0.05) is 48.5 Å². The highest BCUT2D eigenvalue weighted by molar-refractivity contribution is 5.93. The minimum Gasteiger partial charge on any atom is -0.440 e. The van der Waals surface area contributed by atoms with Crippen molar-refractivity contribution in [3.63, 3.8) is 0 Å². The molecular formula is C19H33FN2O2. The molecule has 4 unspecified atom stereocenters. The van der Waals surface area contributed by atoms with Crippen molar-refractivity contribution in [1.29, 1.82) is 0 Å². The van der Waals surface area contributed by atoms with Gasteiger partial charge in [-0.3, -0.25) is 9.89 Å². The number of halogens is 1. The topological polar surface area (TPSA) is 41.9 Å². The zero-order valence-corrected chi connectivity index (χ0v) is 16.7. The third-order valence-corrected chi connectivity index (χ3v) is 5.85. The van der Waals surface area contributed by atoms with E-state index in [1.807, 2.05) is 55.4 Å². The molecule has 2 rings (SSSR count). The molecule has 1 amide bonds. The first kappa shape index (κ1) is 17.7. The Hall–Kier alpha value is -1.13. The molecule has 2 heterocycles. The van der Waals surface area contributed by atoms with E-state index < -0.39 is 29.5 Å². The van der Waals surface area contributed by atoms with E-state index in [2.05, 4.69) is 4.99 Å². The summed E-state index contributed by atoms with van der Waals surface area (Å²) in [6.07, 6.45) is -0.638. The van der Waals surface area contributed by atoms with Crippen molar-refractivity contribution >= 4 is 11.8 Å². The largest absolute Gasteiger partial charge is 0.440 e. The molecule has 0 N–H and O–H groups in total. The Morgan fingerprint density at radius 2 is 1.71 bits per heavy atom. The van der Waals surface area contributed by atoms with Crippen LogP contribution in [0.1, 0.15) is 70.6 Å². The normalized spacial score (nSPS) is 44.5. The van der Waals surface area contributed by atoms with Crippen molar-refractivity contribution in [2.75, 3.05) is 0 Å². The molecular weight excluding hydrogens is 307 g/mol. The summed E-state index contributed by atoms with van der Waals surface area (Å²) in [5, 5.41) is 0. The van der Waals surface area contributed by atoms with Gasteiger partial charge in [0.25, 0.3) is 0 Å². The van der Waals surface area contributed by atoms with Gasteiger partial charge >= 0.3 is 6.09 Å². The van der Waals surface area contributed by atoms with Crippen LogP contribution in [0.5, 0.6) is 0 Å². The minimum atomic E-state index is -2.24. The molecule has 0 aliphatic carbocycles. The van der Waals surface area contributed by atoms with Crippen molar-refractivity contribution in [2.45, 2.75) is 92.7 Å². The van der Waals surface area contributed by atoms with Crippen LogP contribution in [0.2, 0.25) is 0 Å². The van der Waals surface area contributed by atoms with Crippen LogP contribution in [0.4, 0.5) is 9.18 Å². The number of fused-ring (bicyclic) bond motifs is 1. The molecule has 5 atom stereocenters. The molecule has 0 spiro atoms. The second-order valence-electron chi connectivity index (χ2n) is 9.61. The summed E-state index contributed by atoms with van der Waals surface area (Å²) >= 11 is 0. The smallest absolute Gasteiger partial charge is 0.411 e. The van der Waals surface area contributed by atoms with Crippen LogP contribution in [0.3, 0.4) is 0 Å². The number of ether oxygens (including phenoxy) is 1. The van der Waals surface area contributed by atoms with Gasteiger partial charge in [-0.05, 0) is 20.8 Å². The Labute approximate surface area is 147 Å². The van der Waals surface area contributed by atoms with Crippen molar-refractivity contribution in [1.82, 2.24) is 4.90 Å². The molecule has 2 aliphatic heterocycles. The zero-order valence-electron chi connectivity index (χ0n) is 17.7. The van der Waals surface area contributed by atoms with Gasteiger partial charge in [-0.15, -0.1) is 0 Å². The zero-order chi connectivity index (χ0) is 19.8. The SMILES string of the molecule is [2H]C1(C)N2C(=O)O[C@](C)(C(C)(C)C)C2C(C)C(C(C)(C)C)=NC1(C)F. The van der Waals surface area contributed by atoms with E-state index in [0.29, 0.717) is 5.71 Å². The first-order chi connectivity index (χ1) is 10.9. The number of hydrogen-bond acceptors (Lipinski definition) is 3. The Morgan fingerprint density at radius 3 is 2.12 bits per heavy atom. The number of nitrogens with zero attached hydrogens (tertiary/aromatic N) is 2. The van der Waals surface area contributed by atoms with Gasteiger partial charge < -0.3 is 4.74 Å². The Bertz CT molecular complexity index is 616. The lowest BCUT2D eigenvalue weighted by atomic mass is 9.67. The molecule has 0 radical (unpaired) electrons. The molecule has 1 saturated heterocycles. The molecule has 0 aromatic carbocycles. The Kier molecular flexibility index (Phi) is 3.82. The lowest BCUT2D eigenvalue weighted by molar-refractivity contribution is -0.0501. The molecule has 24 heavy (non-hydrogen) atoms. The standard InChI is InChI=1S/C19H33FN2O2/c1-11-13(16(3,4)5)21-19(10,20)12(2)22-14(11)18(9,17(6,7)8)24-15(22)23/h11-12,14H,1-10H3/t11?,12?,14?,18-,19?/m0/s1/i12D. The predicted octanol–water partition coefficient (Wildman–Crippen LogP) is 4.82. The third-order valence-electron chi connectivity index (χ3n) is 5.85. The van der Waals surface area contributed by atoms with Gasteiger partial charge in [-0.25, -0.2) is 9.18 Å². The van der Waals surface area contributed by atoms with Crippen molar-refractivity contribution in [3.8, 4) is 0 Å². The molecule has 2 aliphatic rings. The summed E-state index contributed by atoms with van der Waals surface area (Å²) in [5.41, 5.74) is -0.953. The number of alkyl halides is 1. The maximum Gasteiger partial charge on any atom is 0.411 e. The number of aliphatic imine (C=N–C) groups is 1. The summed E-state index contributed by atoms with van der Waals surface area (Å²) in [6, 6.07) is -2.34. The molecule has 0 bridgehead atoms. The second kappa shape index (κ2) is 5.18. The van der Waals surface area contributed by atoms with E-state index in [9.17, 15) is 4.79 Å². The molecule has 0 saturated carbocycles. The monoisotopic (exact) mass is 341 g/mol. The maximum atomic E-state index is 15.6. The number of cyclic esters (lactones) is 1. The highest BCUT2D eigenvalue weighted by Gasteiger charge is 2.63. The van der Waals surface area contributed by atoms with Gasteiger partial charge in [-0.2, -0.15) is 0 Å². The second-order valence-corrected chi connectivity index (χ2v) is 9.61. The summed E-state index contributed by atoms with van der Waals surface area (Å²) < 4.78 is 30.2. The molecule has 0 aromatic heterocycles. The summed E-state index contributed by atoms with van der Waals surface area (Å²) in [5.74, 6) is -2.47. The average molecular weight is 341 g/mol. The Balaban J connectivity index is 2.80. The van der Waals surface area contributed by atoms with Gasteiger partial charge in [0.2, 0.25) is 5.79 Å². The number of amides is 1. The average Bonchev–Trinajstić information content (AvgIpc) is 2.62. The quantitative estimate of drug-likeness (QED) is 0.593. The van der Waals surface area contributed by atoms with Crippen molar-refractivity contribution in [2.24, 2.45) is 21.7 Å². The fourth-order valence-electron chi connectivity index (χ4n) is 3.92.